The maximum atomic E-state index is 14.0. The highest BCUT2D eigenvalue weighted by molar-refractivity contribution is 9.10. The average Bonchev–Trinajstić information content (AvgIpc) is 2.89. The van der Waals surface area contributed by atoms with Crippen molar-refractivity contribution in [2.45, 2.75) is 19.0 Å². The van der Waals surface area contributed by atoms with Crippen LogP contribution in [0.1, 0.15) is 17.4 Å². The molecule has 1 unspecified atom stereocenters. The Kier molecular flexibility index (Phi) is 4.35. The predicted octanol–water partition coefficient (Wildman–Crippen LogP) is 4.18. The van der Waals surface area contributed by atoms with Gasteiger partial charge in [0.1, 0.15) is 11.4 Å². The van der Waals surface area contributed by atoms with Crippen LogP contribution < -0.4 is 5.32 Å². The maximum absolute atomic E-state index is 14.0. The molecule has 0 amide bonds. The maximum Gasteiger partial charge on any atom is 0.132 e. The number of benzene rings is 1. The summed E-state index contributed by atoms with van der Waals surface area (Å²) in [6.45, 7) is 2.23. The Labute approximate surface area is 124 Å². The van der Waals surface area contributed by atoms with E-state index in [-0.39, 0.29) is 0 Å². The lowest BCUT2D eigenvalue weighted by molar-refractivity contribution is 0.441. The molecule has 0 saturated heterocycles. The first-order valence-electron chi connectivity index (χ1n) is 5.69. The van der Waals surface area contributed by atoms with E-state index in [0.29, 0.717) is 16.6 Å². The number of rotatable bonds is 4. The third-order valence-corrected chi connectivity index (χ3v) is 4.26. The highest BCUT2D eigenvalue weighted by atomic mass is 79.9. The fraction of sp³-hybridized carbons (Fsp3) is 0.214. The minimum atomic E-state index is -1.05. The van der Waals surface area contributed by atoms with Gasteiger partial charge in [0.05, 0.1) is 6.07 Å². The lowest BCUT2D eigenvalue weighted by Crippen LogP contribution is -2.38. The number of halogens is 2. The monoisotopic (exact) mass is 338 g/mol. The normalized spacial score (nSPS) is 13.8. The molecule has 2 rings (SSSR count). The van der Waals surface area contributed by atoms with Gasteiger partial charge in [-0.05, 0) is 30.5 Å². The summed E-state index contributed by atoms with van der Waals surface area (Å²) in [5.74, 6) is -0.392. The molecule has 19 heavy (non-hydrogen) atoms. The van der Waals surface area contributed by atoms with Crippen molar-refractivity contribution >= 4 is 27.3 Å². The Balaban J connectivity index is 2.24. The summed E-state index contributed by atoms with van der Waals surface area (Å²) in [5.41, 5.74) is -0.691. The van der Waals surface area contributed by atoms with Crippen molar-refractivity contribution in [1.29, 1.82) is 5.26 Å². The molecule has 0 fully saturated rings. The number of nitrogens with zero attached hydrogens (tertiary/aromatic N) is 1. The minimum Gasteiger partial charge on any atom is -0.291 e. The van der Waals surface area contributed by atoms with Gasteiger partial charge in [-0.3, -0.25) is 5.32 Å². The Morgan fingerprint density at radius 3 is 2.84 bits per heavy atom. The zero-order chi connectivity index (χ0) is 13.9. The summed E-state index contributed by atoms with van der Waals surface area (Å²) in [4.78, 5) is 1.11. The van der Waals surface area contributed by atoms with Crippen LogP contribution in [0.3, 0.4) is 0 Å². The molecule has 0 bridgehead atoms. The van der Waals surface area contributed by atoms with Crippen molar-refractivity contribution in [1.82, 2.24) is 5.32 Å². The minimum absolute atomic E-state index is 0.356. The van der Waals surface area contributed by atoms with E-state index >= 15 is 0 Å². The molecule has 0 aliphatic rings. The molecule has 0 aliphatic heterocycles. The highest BCUT2D eigenvalue weighted by Gasteiger charge is 2.29. The van der Waals surface area contributed by atoms with Gasteiger partial charge in [0.2, 0.25) is 0 Å². The van der Waals surface area contributed by atoms with E-state index in [9.17, 15) is 9.65 Å². The summed E-state index contributed by atoms with van der Waals surface area (Å²) in [6, 6.07) is 10.8. The molecule has 5 heteroatoms. The Morgan fingerprint density at radius 1 is 1.47 bits per heavy atom. The van der Waals surface area contributed by atoms with Crippen molar-refractivity contribution in [3.8, 4) is 6.07 Å². The number of thiophene rings is 1. The molecule has 1 aromatic carbocycles. The van der Waals surface area contributed by atoms with Crippen LogP contribution in [0.4, 0.5) is 4.39 Å². The van der Waals surface area contributed by atoms with Crippen LogP contribution in [0.2, 0.25) is 0 Å². The first kappa shape index (κ1) is 14.2. The van der Waals surface area contributed by atoms with Gasteiger partial charge in [-0.1, -0.05) is 28.1 Å². The summed E-state index contributed by atoms with van der Waals surface area (Å²) in [7, 11) is 0. The van der Waals surface area contributed by atoms with Gasteiger partial charge < -0.3 is 0 Å². The van der Waals surface area contributed by atoms with E-state index in [1.165, 1.54) is 6.07 Å². The number of hydrogen-bond acceptors (Lipinski definition) is 3. The van der Waals surface area contributed by atoms with E-state index in [4.69, 9.17) is 0 Å². The summed E-state index contributed by atoms with van der Waals surface area (Å²) >= 11 is 4.82. The second-order valence-electron chi connectivity index (χ2n) is 4.29. The molecule has 0 radical (unpaired) electrons. The van der Waals surface area contributed by atoms with Gasteiger partial charge in [-0.15, -0.1) is 11.3 Å². The van der Waals surface area contributed by atoms with Crippen molar-refractivity contribution in [2.75, 3.05) is 0 Å². The van der Waals surface area contributed by atoms with Gasteiger partial charge in [0.15, 0.2) is 0 Å². The van der Waals surface area contributed by atoms with E-state index in [1.807, 2.05) is 17.5 Å². The van der Waals surface area contributed by atoms with Crippen molar-refractivity contribution in [2.24, 2.45) is 0 Å². The van der Waals surface area contributed by atoms with Crippen LogP contribution >= 0.6 is 27.3 Å². The molecule has 1 heterocycles. The number of nitrogens with one attached hydrogen (secondary N) is 1. The van der Waals surface area contributed by atoms with E-state index in [1.54, 1.807) is 30.4 Å². The van der Waals surface area contributed by atoms with Crippen LogP contribution in [0.5, 0.6) is 0 Å². The molecule has 0 aliphatic carbocycles. The molecule has 2 aromatic rings. The van der Waals surface area contributed by atoms with E-state index in [2.05, 4.69) is 27.3 Å². The van der Waals surface area contributed by atoms with Gasteiger partial charge in [-0.2, -0.15) is 5.26 Å². The quantitative estimate of drug-likeness (QED) is 0.907. The molecular weight excluding hydrogens is 327 g/mol. The van der Waals surface area contributed by atoms with Crippen LogP contribution in [-0.2, 0) is 12.1 Å². The molecular formula is C14H12BrFN2S. The lowest BCUT2D eigenvalue weighted by atomic mass is 9.93. The average molecular weight is 339 g/mol. The number of nitriles is 1. The Bertz CT molecular complexity index is 606. The Hall–Kier alpha value is -1.22. The van der Waals surface area contributed by atoms with Crippen LogP contribution in [-0.4, -0.2) is 0 Å². The fourth-order valence-corrected chi connectivity index (χ4v) is 2.74. The zero-order valence-corrected chi connectivity index (χ0v) is 12.7. The SMILES string of the molecule is CC(C#N)(NCc1cccs1)c1ccc(Br)cc1F. The molecule has 98 valence electrons. The van der Waals surface area contributed by atoms with Crippen molar-refractivity contribution < 1.29 is 4.39 Å². The first-order chi connectivity index (χ1) is 9.05. The highest BCUT2D eigenvalue weighted by Crippen LogP contribution is 2.26. The second-order valence-corrected chi connectivity index (χ2v) is 6.24. The van der Waals surface area contributed by atoms with E-state index < -0.39 is 11.4 Å². The lowest BCUT2D eigenvalue weighted by Gasteiger charge is -2.24. The topological polar surface area (TPSA) is 35.8 Å². The summed E-state index contributed by atoms with van der Waals surface area (Å²) in [6.07, 6.45) is 0. The predicted molar refractivity (Wildman–Crippen MR) is 78.2 cm³/mol. The van der Waals surface area contributed by atoms with Crippen LogP contribution in [0, 0.1) is 17.1 Å². The Morgan fingerprint density at radius 2 is 2.26 bits per heavy atom. The standard InChI is InChI=1S/C14H12BrFN2S/c1-14(9-17,18-8-11-3-2-6-19-11)12-5-4-10(15)7-13(12)16/h2-7,18H,8H2,1H3. The molecule has 0 spiro atoms. The third-order valence-electron chi connectivity index (χ3n) is 2.89. The van der Waals surface area contributed by atoms with Gasteiger partial charge in [-0.25, -0.2) is 4.39 Å². The smallest absolute Gasteiger partial charge is 0.132 e. The second kappa shape index (κ2) is 5.83. The molecule has 1 atom stereocenters. The van der Waals surface area contributed by atoms with Gasteiger partial charge >= 0.3 is 0 Å². The van der Waals surface area contributed by atoms with Gasteiger partial charge in [0.25, 0.3) is 0 Å². The zero-order valence-electron chi connectivity index (χ0n) is 10.3. The van der Waals surface area contributed by atoms with Crippen LogP contribution in [0.15, 0.2) is 40.2 Å². The largest absolute Gasteiger partial charge is 0.291 e. The first-order valence-corrected chi connectivity index (χ1v) is 7.36. The van der Waals surface area contributed by atoms with Crippen molar-refractivity contribution in [3.05, 3.63) is 56.4 Å². The van der Waals surface area contributed by atoms with Crippen molar-refractivity contribution in [3.63, 3.8) is 0 Å². The third kappa shape index (κ3) is 3.21. The van der Waals surface area contributed by atoms with Gasteiger partial charge in [0, 0.05) is 21.5 Å². The fourth-order valence-electron chi connectivity index (χ4n) is 1.77. The summed E-state index contributed by atoms with van der Waals surface area (Å²) in [5, 5.41) is 14.5. The molecule has 1 N–H and O–H groups in total. The van der Waals surface area contributed by atoms with Crippen LogP contribution in [0.25, 0.3) is 0 Å². The van der Waals surface area contributed by atoms with E-state index in [0.717, 1.165) is 4.88 Å². The number of hydrogen-bond donors (Lipinski definition) is 1. The molecule has 2 nitrogen and oxygen atoms in total. The molecule has 0 saturated carbocycles. The molecule has 1 aromatic heterocycles. The summed E-state index contributed by atoms with van der Waals surface area (Å²) < 4.78 is 14.6.